The Labute approximate surface area is 130 Å². The Morgan fingerprint density at radius 3 is 2.38 bits per heavy atom. The molecule has 0 bridgehead atoms. The van der Waals surface area contributed by atoms with E-state index in [1.54, 1.807) is 0 Å². The third kappa shape index (κ3) is 3.28. The van der Waals surface area contributed by atoms with Gasteiger partial charge in [0, 0.05) is 18.0 Å². The smallest absolute Gasteiger partial charge is 0.223 e. The summed E-state index contributed by atoms with van der Waals surface area (Å²) in [5.41, 5.74) is 6.43. The highest BCUT2D eigenvalue weighted by Gasteiger charge is 2.46. The summed E-state index contributed by atoms with van der Waals surface area (Å²) in [6.45, 7) is 11.2. The van der Waals surface area contributed by atoms with Crippen molar-refractivity contribution in [3.8, 4) is 0 Å². The van der Waals surface area contributed by atoms with Gasteiger partial charge in [-0.2, -0.15) is 0 Å². The predicted octanol–water partition coefficient (Wildman–Crippen LogP) is 3.47. The van der Waals surface area contributed by atoms with Crippen LogP contribution >= 0.6 is 0 Å². The highest BCUT2D eigenvalue weighted by Crippen LogP contribution is 2.45. The van der Waals surface area contributed by atoms with Crippen molar-refractivity contribution in [1.29, 1.82) is 0 Å². The second kappa shape index (κ2) is 5.91. The minimum Gasteiger partial charge on any atom is -0.353 e. The number of rotatable bonds is 2. The zero-order chi connectivity index (χ0) is 15.8. The molecule has 4 atom stereocenters. The standard InChI is InChI=1S/C18H34N2O/c1-12-14(19)10-9-13(18(12,4)5)16(21)20-15-8-6-7-11-17(15,2)3/h12-15H,6-11,19H2,1-5H3,(H,20,21). The van der Waals surface area contributed by atoms with Gasteiger partial charge in [-0.05, 0) is 42.4 Å². The highest BCUT2D eigenvalue weighted by atomic mass is 16.2. The number of nitrogens with one attached hydrogen (secondary N) is 1. The highest BCUT2D eigenvalue weighted by molar-refractivity contribution is 5.80. The molecule has 0 saturated heterocycles. The van der Waals surface area contributed by atoms with Gasteiger partial charge >= 0.3 is 0 Å². The van der Waals surface area contributed by atoms with Gasteiger partial charge in [-0.25, -0.2) is 0 Å². The van der Waals surface area contributed by atoms with Crippen molar-refractivity contribution in [1.82, 2.24) is 5.32 Å². The SMILES string of the molecule is CC1C(N)CCC(C(=O)NC2CCCCC2(C)C)C1(C)C. The summed E-state index contributed by atoms with van der Waals surface area (Å²) in [6.07, 6.45) is 6.77. The summed E-state index contributed by atoms with van der Waals surface area (Å²) in [7, 11) is 0. The second-order valence-electron chi connectivity index (χ2n) is 8.70. The van der Waals surface area contributed by atoms with E-state index in [2.05, 4.69) is 39.9 Å². The molecule has 21 heavy (non-hydrogen) atoms. The van der Waals surface area contributed by atoms with E-state index in [0.29, 0.717) is 12.0 Å². The molecule has 2 aliphatic carbocycles. The van der Waals surface area contributed by atoms with Crippen LogP contribution in [0.1, 0.15) is 73.1 Å². The number of amides is 1. The molecule has 0 spiro atoms. The fraction of sp³-hybridized carbons (Fsp3) is 0.944. The van der Waals surface area contributed by atoms with Gasteiger partial charge in [-0.15, -0.1) is 0 Å². The van der Waals surface area contributed by atoms with Gasteiger partial charge < -0.3 is 11.1 Å². The fourth-order valence-electron chi connectivity index (χ4n) is 4.35. The van der Waals surface area contributed by atoms with Crippen LogP contribution in [0, 0.1) is 22.7 Å². The first-order valence-corrected chi connectivity index (χ1v) is 8.72. The maximum atomic E-state index is 12.9. The van der Waals surface area contributed by atoms with Gasteiger partial charge in [0.1, 0.15) is 0 Å². The van der Waals surface area contributed by atoms with Crippen molar-refractivity contribution in [2.75, 3.05) is 0 Å². The topological polar surface area (TPSA) is 55.1 Å². The zero-order valence-electron chi connectivity index (χ0n) is 14.5. The van der Waals surface area contributed by atoms with E-state index in [4.69, 9.17) is 5.73 Å². The first-order valence-electron chi connectivity index (χ1n) is 8.72. The van der Waals surface area contributed by atoms with Crippen LogP contribution in [0.4, 0.5) is 0 Å². The maximum Gasteiger partial charge on any atom is 0.223 e. The van der Waals surface area contributed by atoms with E-state index < -0.39 is 0 Å². The number of hydrogen-bond acceptors (Lipinski definition) is 2. The van der Waals surface area contributed by atoms with Gasteiger partial charge in [0.25, 0.3) is 0 Å². The molecule has 3 nitrogen and oxygen atoms in total. The third-order valence-corrected chi connectivity index (χ3v) is 6.64. The molecule has 0 aliphatic heterocycles. The number of carbonyl (C=O) groups excluding carboxylic acids is 1. The molecule has 2 fully saturated rings. The van der Waals surface area contributed by atoms with Gasteiger partial charge in [0.15, 0.2) is 0 Å². The molecule has 0 aromatic rings. The van der Waals surface area contributed by atoms with E-state index in [9.17, 15) is 4.79 Å². The van der Waals surface area contributed by atoms with Gasteiger partial charge in [-0.3, -0.25) is 4.79 Å². The Hall–Kier alpha value is -0.570. The summed E-state index contributed by atoms with van der Waals surface area (Å²) >= 11 is 0. The Morgan fingerprint density at radius 1 is 1.10 bits per heavy atom. The lowest BCUT2D eigenvalue weighted by atomic mass is 9.60. The van der Waals surface area contributed by atoms with E-state index in [0.717, 1.165) is 19.3 Å². The van der Waals surface area contributed by atoms with Crippen molar-refractivity contribution >= 4 is 5.91 Å². The van der Waals surface area contributed by atoms with Crippen LogP contribution in [0.25, 0.3) is 0 Å². The molecule has 1 amide bonds. The molecular formula is C18H34N2O. The summed E-state index contributed by atoms with van der Waals surface area (Å²) in [5, 5.41) is 3.39. The number of carbonyl (C=O) groups is 1. The van der Waals surface area contributed by atoms with Gasteiger partial charge in [-0.1, -0.05) is 47.5 Å². The van der Waals surface area contributed by atoms with Crippen LogP contribution in [-0.2, 0) is 4.79 Å². The van der Waals surface area contributed by atoms with Crippen molar-refractivity contribution in [3.63, 3.8) is 0 Å². The van der Waals surface area contributed by atoms with Crippen LogP contribution in [0.5, 0.6) is 0 Å². The molecule has 2 aliphatic rings. The van der Waals surface area contributed by atoms with E-state index >= 15 is 0 Å². The quantitative estimate of drug-likeness (QED) is 0.819. The normalized spacial score (nSPS) is 38.8. The second-order valence-corrected chi connectivity index (χ2v) is 8.70. The lowest BCUT2D eigenvalue weighted by molar-refractivity contribution is -0.134. The van der Waals surface area contributed by atoms with Crippen LogP contribution in [0.2, 0.25) is 0 Å². The molecule has 2 saturated carbocycles. The minimum atomic E-state index is -0.0133. The average molecular weight is 294 g/mol. The molecule has 0 aromatic carbocycles. The maximum absolute atomic E-state index is 12.9. The van der Waals surface area contributed by atoms with Crippen LogP contribution in [0.3, 0.4) is 0 Å². The molecule has 0 heterocycles. The fourth-order valence-corrected chi connectivity index (χ4v) is 4.35. The average Bonchev–Trinajstić information content (AvgIpc) is 2.38. The van der Waals surface area contributed by atoms with E-state index in [1.165, 1.54) is 19.3 Å². The molecule has 2 rings (SSSR count). The summed E-state index contributed by atoms with van der Waals surface area (Å²) in [4.78, 5) is 12.9. The third-order valence-electron chi connectivity index (χ3n) is 6.64. The minimum absolute atomic E-state index is 0.0133. The van der Waals surface area contributed by atoms with E-state index in [-0.39, 0.29) is 28.7 Å². The first-order chi connectivity index (χ1) is 9.66. The monoisotopic (exact) mass is 294 g/mol. The van der Waals surface area contributed by atoms with Crippen LogP contribution in [0.15, 0.2) is 0 Å². The summed E-state index contributed by atoms with van der Waals surface area (Å²) in [5.74, 6) is 0.755. The Bertz CT molecular complexity index is 389. The molecule has 4 unspecified atom stereocenters. The van der Waals surface area contributed by atoms with Gasteiger partial charge in [0.05, 0.1) is 0 Å². The van der Waals surface area contributed by atoms with Crippen molar-refractivity contribution < 1.29 is 4.79 Å². The van der Waals surface area contributed by atoms with Crippen molar-refractivity contribution in [2.24, 2.45) is 28.4 Å². The van der Waals surface area contributed by atoms with E-state index in [1.807, 2.05) is 0 Å². The first kappa shape index (κ1) is 16.8. The molecule has 3 heteroatoms. The Kier molecular flexibility index (Phi) is 4.72. The van der Waals surface area contributed by atoms with Crippen LogP contribution in [-0.4, -0.2) is 18.0 Å². The Morgan fingerprint density at radius 2 is 1.76 bits per heavy atom. The zero-order valence-corrected chi connectivity index (χ0v) is 14.5. The molecular weight excluding hydrogens is 260 g/mol. The molecule has 122 valence electrons. The lowest BCUT2D eigenvalue weighted by Gasteiger charge is -2.47. The summed E-state index contributed by atoms with van der Waals surface area (Å²) < 4.78 is 0. The summed E-state index contributed by atoms with van der Waals surface area (Å²) in [6, 6.07) is 0.565. The molecule has 0 aromatic heterocycles. The molecule has 3 N–H and O–H groups in total. The van der Waals surface area contributed by atoms with Crippen molar-refractivity contribution in [2.45, 2.75) is 85.2 Å². The van der Waals surface area contributed by atoms with Crippen LogP contribution < -0.4 is 11.1 Å². The lowest BCUT2D eigenvalue weighted by Crippen LogP contribution is -2.55. The number of hydrogen-bond donors (Lipinski definition) is 2. The largest absolute Gasteiger partial charge is 0.353 e. The predicted molar refractivity (Wildman–Crippen MR) is 87.8 cm³/mol. The van der Waals surface area contributed by atoms with Gasteiger partial charge in [0.2, 0.25) is 5.91 Å². The van der Waals surface area contributed by atoms with Crippen molar-refractivity contribution in [3.05, 3.63) is 0 Å². The number of nitrogens with two attached hydrogens (primary N) is 1. The Balaban J connectivity index is 2.06. The molecule has 0 radical (unpaired) electrons.